The molecule has 1 aromatic heterocycles. The summed E-state index contributed by atoms with van der Waals surface area (Å²) in [6.45, 7) is 1.52. The fraction of sp³-hybridized carbons (Fsp3) is 0.250. The molecule has 0 saturated carbocycles. The number of aromatic nitrogens is 1. The molecule has 0 aliphatic heterocycles. The van der Waals surface area contributed by atoms with Crippen molar-refractivity contribution in [2.24, 2.45) is 0 Å². The van der Waals surface area contributed by atoms with E-state index in [1.807, 2.05) is 0 Å². The highest BCUT2D eigenvalue weighted by atomic mass is 32.2. The first-order valence-corrected chi connectivity index (χ1v) is 9.16. The molecule has 0 radical (unpaired) electrons. The minimum absolute atomic E-state index is 0.134. The molecular weight excluding hydrogens is 352 g/mol. The number of amides is 1. The zero-order valence-electron chi connectivity index (χ0n) is 13.6. The van der Waals surface area contributed by atoms with Crippen LogP contribution in [-0.4, -0.2) is 31.6 Å². The molecule has 2 rings (SSSR count). The summed E-state index contributed by atoms with van der Waals surface area (Å²) < 4.78 is 51.4. The molecule has 1 atom stereocenters. The second-order valence-electron chi connectivity index (χ2n) is 5.41. The van der Waals surface area contributed by atoms with Crippen LogP contribution in [0.2, 0.25) is 0 Å². The van der Waals surface area contributed by atoms with Crippen molar-refractivity contribution in [2.45, 2.75) is 19.5 Å². The molecule has 2 aromatic rings. The molecular formula is C16H17F2N3O3S. The van der Waals surface area contributed by atoms with E-state index in [1.54, 1.807) is 24.5 Å². The van der Waals surface area contributed by atoms with E-state index in [0.717, 1.165) is 34.3 Å². The van der Waals surface area contributed by atoms with Crippen LogP contribution in [0.25, 0.3) is 0 Å². The zero-order valence-corrected chi connectivity index (χ0v) is 14.4. The lowest BCUT2D eigenvalue weighted by Gasteiger charge is -2.28. The number of nitrogens with one attached hydrogen (secondary N) is 1. The van der Waals surface area contributed by atoms with Gasteiger partial charge < -0.3 is 5.32 Å². The Morgan fingerprint density at radius 2 is 2.00 bits per heavy atom. The third-order valence-electron chi connectivity index (χ3n) is 3.44. The normalized spacial score (nSPS) is 12.5. The van der Waals surface area contributed by atoms with Gasteiger partial charge in [0.05, 0.1) is 11.9 Å². The highest BCUT2D eigenvalue weighted by Gasteiger charge is 2.29. The molecule has 0 fully saturated rings. The summed E-state index contributed by atoms with van der Waals surface area (Å²) in [4.78, 5) is 16.2. The van der Waals surface area contributed by atoms with Crippen LogP contribution in [0.5, 0.6) is 0 Å². The van der Waals surface area contributed by atoms with Crippen LogP contribution in [-0.2, 0) is 21.4 Å². The maximum absolute atomic E-state index is 13.5. The number of anilines is 1. The summed E-state index contributed by atoms with van der Waals surface area (Å²) in [5.41, 5.74) is 0.604. The lowest BCUT2D eigenvalue weighted by Crippen LogP contribution is -2.47. The zero-order chi connectivity index (χ0) is 18.6. The van der Waals surface area contributed by atoms with E-state index in [0.29, 0.717) is 0 Å². The quantitative estimate of drug-likeness (QED) is 0.843. The van der Waals surface area contributed by atoms with E-state index >= 15 is 0 Å². The predicted octanol–water partition coefficient (Wildman–Crippen LogP) is 1.83. The van der Waals surface area contributed by atoms with Crippen LogP contribution in [0.15, 0.2) is 42.7 Å². The first kappa shape index (κ1) is 18.8. The number of benzene rings is 1. The summed E-state index contributed by atoms with van der Waals surface area (Å²) in [5.74, 6) is -2.89. The van der Waals surface area contributed by atoms with Crippen LogP contribution in [0.4, 0.5) is 14.5 Å². The van der Waals surface area contributed by atoms with Crippen LogP contribution in [0.3, 0.4) is 0 Å². The van der Waals surface area contributed by atoms with Gasteiger partial charge in [-0.25, -0.2) is 17.2 Å². The van der Waals surface area contributed by atoms with Crippen LogP contribution in [0.1, 0.15) is 12.5 Å². The van der Waals surface area contributed by atoms with Crippen LogP contribution < -0.4 is 9.62 Å². The Hall–Kier alpha value is -2.55. The molecule has 0 aliphatic rings. The number of halogens is 2. The summed E-state index contributed by atoms with van der Waals surface area (Å²) in [7, 11) is -3.90. The Kier molecular flexibility index (Phi) is 5.68. The van der Waals surface area contributed by atoms with E-state index < -0.39 is 33.6 Å². The molecule has 134 valence electrons. The number of carbonyl (C=O) groups is 1. The molecule has 1 heterocycles. The van der Waals surface area contributed by atoms with Gasteiger partial charge in [-0.2, -0.15) is 0 Å². The van der Waals surface area contributed by atoms with E-state index in [9.17, 15) is 22.0 Å². The highest BCUT2D eigenvalue weighted by Crippen LogP contribution is 2.23. The van der Waals surface area contributed by atoms with Crippen LogP contribution >= 0.6 is 0 Å². The van der Waals surface area contributed by atoms with Gasteiger partial charge in [-0.05, 0) is 30.7 Å². The van der Waals surface area contributed by atoms with E-state index in [1.165, 1.54) is 6.92 Å². The van der Waals surface area contributed by atoms with E-state index in [-0.39, 0.29) is 12.2 Å². The summed E-state index contributed by atoms with van der Waals surface area (Å²) >= 11 is 0. The minimum Gasteiger partial charge on any atom is -0.350 e. The third kappa shape index (κ3) is 4.72. The smallest absolute Gasteiger partial charge is 0.243 e. The molecule has 0 bridgehead atoms. The molecule has 1 N–H and O–H groups in total. The number of hydrogen-bond donors (Lipinski definition) is 1. The van der Waals surface area contributed by atoms with Crippen molar-refractivity contribution in [1.29, 1.82) is 0 Å². The van der Waals surface area contributed by atoms with Gasteiger partial charge in [0.15, 0.2) is 11.6 Å². The Morgan fingerprint density at radius 1 is 1.28 bits per heavy atom. The lowest BCUT2D eigenvalue weighted by molar-refractivity contribution is -0.122. The monoisotopic (exact) mass is 369 g/mol. The SMILES string of the molecule is C[C@@H](C(=O)NCc1cccnc1)N(c1ccc(F)c(F)c1)S(C)(=O)=O. The minimum atomic E-state index is -3.90. The largest absolute Gasteiger partial charge is 0.350 e. The number of sulfonamides is 1. The number of rotatable bonds is 6. The molecule has 9 heteroatoms. The van der Waals surface area contributed by atoms with Crippen molar-refractivity contribution in [2.75, 3.05) is 10.6 Å². The summed E-state index contributed by atoms with van der Waals surface area (Å²) in [5, 5.41) is 2.59. The maximum atomic E-state index is 13.5. The van der Waals surface area contributed by atoms with Gasteiger partial charge in [-0.3, -0.25) is 14.1 Å². The molecule has 1 amide bonds. The molecule has 0 unspecified atom stereocenters. The highest BCUT2D eigenvalue weighted by molar-refractivity contribution is 7.92. The molecule has 25 heavy (non-hydrogen) atoms. The van der Waals surface area contributed by atoms with Gasteiger partial charge >= 0.3 is 0 Å². The van der Waals surface area contributed by atoms with Gasteiger partial charge in [-0.15, -0.1) is 0 Å². The maximum Gasteiger partial charge on any atom is 0.243 e. The molecule has 1 aromatic carbocycles. The molecule has 0 saturated heterocycles. The molecule has 6 nitrogen and oxygen atoms in total. The first-order valence-electron chi connectivity index (χ1n) is 7.31. The Labute approximate surface area is 144 Å². The lowest BCUT2D eigenvalue weighted by atomic mass is 10.2. The number of hydrogen-bond acceptors (Lipinski definition) is 4. The third-order valence-corrected chi connectivity index (χ3v) is 4.68. The first-order chi connectivity index (χ1) is 11.7. The fourth-order valence-electron chi connectivity index (χ4n) is 2.27. The van der Waals surface area contributed by atoms with Crippen molar-refractivity contribution in [3.63, 3.8) is 0 Å². The van der Waals surface area contributed by atoms with Crippen molar-refractivity contribution >= 4 is 21.6 Å². The second kappa shape index (κ2) is 7.56. The Bertz CT molecular complexity index is 860. The Balaban J connectivity index is 2.22. The van der Waals surface area contributed by atoms with Crippen molar-refractivity contribution in [3.8, 4) is 0 Å². The van der Waals surface area contributed by atoms with Crippen LogP contribution in [0, 0.1) is 11.6 Å². The average Bonchev–Trinajstić information content (AvgIpc) is 2.55. The Morgan fingerprint density at radius 3 is 2.56 bits per heavy atom. The van der Waals surface area contributed by atoms with Crippen molar-refractivity contribution in [1.82, 2.24) is 10.3 Å². The van der Waals surface area contributed by atoms with E-state index in [4.69, 9.17) is 0 Å². The van der Waals surface area contributed by atoms with Gasteiger partial charge in [0.1, 0.15) is 6.04 Å². The molecule has 0 aliphatic carbocycles. The average molecular weight is 369 g/mol. The second-order valence-corrected chi connectivity index (χ2v) is 7.27. The van der Waals surface area contributed by atoms with Gasteiger partial charge in [-0.1, -0.05) is 6.07 Å². The summed E-state index contributed by atoms with van der Waals surface area (Å²) in [6.07, 6.45) is 4.04. The van der Waals surface area contributed by atoms with Gasteiger partial charge in [0.25, 0.3) is 0 Å². The molecule has 0 spiro atoms. The number of nitrogens with zero attached hydrogens (tertiary/aromatic N) is 2. The predicted molar refractivity (Wildman–Crippen MR) is 89.2 cm³/mol. The number of carbonyl (C=O) groups excluding carboxylic acids is 1. The topological polar surface area (TPSA) is 79.4 Å². The standard InChI is InChI=1S/C16H17F2N3O3S/c1-11(16(22)20-10-12-4-3-7-19-9-12)21(25(2,23)24)13-5-6-14(17)15(18)8-13/h3-9,11H,10H2,1-2H3,(H,20,22)/t11-/m0/s1. The van der Waals surface area contributed by atoms with Gasteiger partial charge in [0.2, 0.25) is 15.9 Å². The van der Waals surface area contributed by atoms with E-state index in [2.05, 4.69) is 10.3 Å². The fourth-order valence-corrected chi connectivity index (χ4v) is 3.44. The van der Waals surface area contributed by atoms with Crippen molar-refractivity contribution in [3.05, 3.63) is 59.9 Å². The summed E-state index contributed by atoms with van der Waals surface area (Å²) in [6, 6.07) is 4.95. The number of pyridine rings is 1. The van der Waals surface area contributed by atoms with Gasteiger partial charge in [0, 0.05) is 25.0 Å². The van der Waals surface area contributed by atoms with Crippen molar-refractivity contribution < 1.29 is 22.0 Å².